The van der Waals surface area contributed by atoms with Crippen molar-refractivity contribution in [3.63, 3.8) is 0 Å². The molecule has 1 saturated heterocycles. The van der Waals surface area contributed by atoms with Gasteiger partial charge in [-0.25, -0.2) is 9.97 Å². The number of nitrogens with one attached hydrogen (secondary N) is 1. The third-order valence-electron chi connectivity index (χ3n) is 5.10. The van der Waals surface area contributed by atoms with Gasteiger partial charge >= 0.3 is 0 Å². The Balaban J connectivity index is 1.36. The third kappa shape index (κ3) is 4.21. The average Bonchev–Trinajstić information content (AvgIpc) is 3.27. The van der Waals surface area contributed by atoms with E-state index in [1.807, 2.05) is 42.5 Å². The van der Waals surface area contributed by atoms with Crippen molar-refractivity contribution in [3.05, 3.63) is 64.6 Å². The van der Waals surface area contributed by atoms with Crippen LogP contribution in [0.2, 0.25) is 5.02 Å². The molecule has 0 radical (unpaired) electrons. The molecule has 0 unspecified atom stereocenters. The number of benzene rings is 2. The molecule has 0 aliphatic carbocycles. The van der Waals surface area contributed by atoms with Crippen LogP contribution in [0.1, 0.15) is 5.56 Å². The fraction of sp³-hybridized carbons (Fsp3) is 0.238. The van der Waals surface area contributed by atoms with Crippen LogP contribution in [0.25, 0.3) is 11.0 Å². The molecule has 0 bridgehead atoms. The first-order valence-electron chi connectivity index (χ1n) is 9.76. The first-order chi connectivity index (χ1) is 14.7. The molecule has 7 nitrogen and oxygen atoms in total. The Kier molecular flexibility index (Phi) is 5.44. The summed E-state index contributed by atoms with van der Waals surface area (Å²) in [6.45, 7) is 4.53. The molecule has 0 atom stereocenters. The average molecular weight is 438 g/mol. The van der Waals surface area contributed by atoms with E-state index in [0.717, 1.165) is 54.6 Å². The van der Waals surface area contributed by atoms with Crippen molar-refractivity contribution in [2.24, 2.45) is 0 Å². The number of aromatic nitrogens is 4. The lowest BCUT2D eigenvalue weighted by Gasteiger charge is -2.36. The van der Waals surface area contributed by atoms with Gasteiger partial charge in [-0.2, -0.15) is 0 Å². The number of hydrogen-bond donors (Lipinski definition) is 1. The molecular formula is C21H20ClN7S. The molecule has 1 N–H and O–H groups in total. The Morgan fingerprint density at radius 2 is 1.77 bits per heavy atom. The number of nitrogens with zero attached hydrogens (tertiary/aromatic N) is 6. The molecule has 152 valence electrons. The van der Waals surface area contributed by atoms with Gasteiger partial charge in [0.2, 0.25) is 5.13 Å². The number of halogens is 1. The Hall–Kier alpha value is -2.81. The minimum Gasteiger partial charge on any atom is -0.351 e. The highest BCUT2D eigenvalue weighted by Crippen LogP contribution is 2.29. The summed E-state index contributed by atoms with van der Waals surface area (Å²) in [7, 11) is 0. The van der Waals surface area contributed by atoms with Gasteiger partial charge in [0.05, 0.1) is 11.0 Å². The summed E-state index contributed by atoms with van der Waals surface area (Å²) in [6, 6.07) is 16.0. The largest absolute Gasteiger partial charge is 0.351 e. The van der Waals surface area contributed by atoms with Crippen LogP contribution in [-0.2, 0) is 6.54 Å². The maximum Gasteiger partial charge on any atom is 0.211 e. The van der Waals surface area contributed by atoms with Crippen LogP contribution in [0, 0.1) is 0 Å². The fourth-order valence-corrected chi connectivity index (χ4v) is 4.29. The highest BCUT2D eigenvalue weighted by molar-refractivity contribution is 7.13. The SMILES string of the molecule is Clc1cccc(CN2CCN(c3nc4ccccc4nc3Nc3nncs3)CC2)c1. The van der Waals surface area contributed by atoms with Gasteiger partial charge in [0.1, 0.15) is 5.51 Å². The Morgan fingerprint density at radius 1 is 0.967 bits per heavy atom. The predicted octanol–water partition coefficient (Wildman–Crippen LogP) is 4.20. The summed E-state index contributed by atoms with van der Waals surface area (Å²) in [5.41, 5.74) is 4.68. The molecular weight excluding hydrogens is 418 g/mol. The van der Waals surface area contributed by atoms with Gasteiger partial charge in [-0.1, -0.05) is 47.2 Å². The maximum atomic E-state index is 6.13. The summed E-state index contributed by atoms with van der Waals surface area (Å²) in [4.78, 5) is 14.5. The highest BCUT2D eigenvalue weighted by Gasteiger charge is 2.22. The number of anilines is 3. The summed E-state index contributed by atoms with van der Waals surface area (Å²) in [6.07, 6.45) is 0. The standard InChI is InChI=1S/C21H20ClN7S/c22-16-5-3-4-15(12-16)13-28-8-10-29(11-9-28)20-19(26-21-27-23-14-30-21)24-17-6-1-2-7-18(17)25-20/h1-7,12,14H,8-11,13H2,(H,24,26,27). The molecule has 30 heavy (non-hydrogen) atoms. The number of para-hydroxylation sites is 2. The lowest BCUT2D eigenvalue weighted by atomic mass is 10.2. The lowest BCUT2D eigenvalue weighted by Crippen LogP contribution is -2.46. The maximum absolute atomic E-state index is 6.13. The quantitative estimate of drug-likeness (QED) is 0.501. The third-order valence-corrected chi connectivity index (χ3v) is 5.95. The van der Waals surface area contributed by atoms with Gasteiger partial charge in [-0.05, 0) is 29.8 Å². The van der Waals surface area contributed by atoms with E-state index in [0.29, 0.717) is 10.9 Å². The topological polar surface area (TPSA) is 70.1 Å². The number of rotatable bonds is 5. The molecule has 0 spiro atoms. The smallest absolute Gasteiger partial charge is 0.211 e. The highest BCUT2D eigenvalue weighted by atomic mass is 35.5. The molecule has 0 saturated carbocycles. The molecule has 4 aromatic rings. The number of piperazine rings is 1. The van der Waals surface area contributed by atoms with Gasteiger partial charge < -0.3 is 10.2 Å². The van der Waals surface area contributed by atoms with Crippen molar-refractivity contribution in [1.29, 1.82) is 0 Å². The summed E-state index contributed by atoms with van der Waals surface area (Å²) < 4.78 is 0. The zero-order chi connectivity index (χ0) is 20.3. The Labute approximate surface area is 183 Å². The van der Waals surface area contributed by atoms with Crippen LogP contribution in [-0.4, -0.2) is 51.2 Å². The van der Waals surface area contributed by atoms with Crippen molar-refractivity contribution in [3.8, 4) is 0 Å². The molecule has 3 heterocycles. The Bertz CT molecular complexity index is 1140. The minimum atomic E-state index is 0.709. The fourth-order valence-electron chi connectivity index (χ4n) is 3.64. The summed E-state index contributed by atoms with van der Waals surface area (Å²) >= 11 is 7.57. The van der Waals surface area contributed by atoms with Crippen molar-refractivity contribution >= 4 is 50.7 Å². The monoisotopic (exact) mass is 437 g/mol. The number of fused-ring (bicyclic) bond motifs is 1. The molecule has 5 rings (SSSR count). The molecule has 1 fully saturated rings. The van der Waals surface area contributed by atoms with E-state index >= 15 is 0 Å². The molecule has 9 heteroatoms. The van der Waals surface area contributed by atoms with Crippen LogP contribution in [0.5, 0.6) is 0 Å². The van der Waals surface area contributed by atoms with Crippen molar-refractivity contribution in [2.45, 2.75) is 6.54 Å². The molecule has 0 amide bonds. The normalized spacial score (nSPS) is 14.9. The Morgan fingerprint density at radius 3 is 2.50 bits per heavy atom. The van der Waals surface area contributed by atoms with E-state index in [1.54, 1.807) is 5.51 Å². The molecule has 1 aliphatic heterocycles. The van der Waals surface area contributed by atoms with Crippen LogP contribution in [0.3, 0.4) is 0 Å². The van der Waals surface area contributed by atoms with Gasteiger partial charge in [0.25, 0.3) is 0 Å². The van der Waals surface area contributed by atoms with E-state index in [1.165, 1.54) is 16.9 Å². The van der Waals surface area contributed by atoms with Gasteiger partial charge in [0, 0.05) is 37.7 Å². The molecule has 2 aromatic heterocycles. The van der Waals surface area contributed by atoms with Gasteiger partial charge in [0.15, 0.2) is 11.6 Å². The first-order valence-corrected chi connectivity index (χ1v) is 11.0. The van der Waals surface area contributed by atoms with E-state index in [4.69, 9.17) is 21.6 Å². The minimum absolute atomic E-state index is 0.709. The molecule has 1 aliphatic rings. The van der Waals surface area contributed by atoms with Gasteiger partial charge in [-0.3, -0.25) is 4.90 Å². The predicted molar refractivity (Wildman–Crippen MR) is 122 cm³/mol. The van der Waals surface area contributed by atoms with Crippen molar-refractivity contribution in [1.82, 2.24) is 25.1 Å². The molecule has 2 aromatic carbocycles. The van der Waals surface area contributed by atoms with E-state index in [9.17, 15) is 0 Å². The second-order valence-corrected chi connectivity index (χ2v) is 8.42. The summed E-state index contributed by atoms with van der Waals surface area (Å²) in [5.74, 6) is 1.57. The zero-order valence-electron chi connectivity index (χ0n) is 16.2. The van der Waals surface area contributed by atoms with Crippen LogP contribution < -0.4 is 10.2 Å². The second kappa shape index (κ2) is 8.51. The van der Waals surface area contributed by atoms with Crippen molar-refractivity contribution < 1.29 is 0 Å². The lowest BCUT2D eigenvalue weighted by molar-refractivity contribution is 0.249. The van der Waals surface area contributed by atoms with Crippen LogP contribution in [0.4, 0.5) is 16.8 Å². The zero-order valence-corrected chi connectivity index (χ0v) is 17.8. The van der Waals surface area contributed by atoms with Crippen LogP contribution in [0.15, 0.2) is 54.0 Å². The second-order valence-electron chi connectivity index (χ2n) is 7.15. The van der Waals surface area contributed by atoms with E-state index in [-0.39, 0.29) is 0 Å². The van der Waals surface area contributed by atoms with Gasteiger partial charge in [-0.15, -0.1) is 10.2 Å². The first kappa shape index (κ1) is 19.2. The summed E-state index contributed by atoms with van der Waals surface area (Å²) in [5, 5.41) is 12.8. The van der Waals surface area contributed by atoms with E-state index in [2.05, 4.69) is 31.4 Å². The van der Waals surface area contributed by atoms with E-state index < -0.39 is 0 Å². The van der Waals surface area contributed by atoms with Crippen molar-refractivity contribution in [2.75, 3.05) is 36.4 Å². The van der Waals surface area contributed by atoms with Crippen LogP contribution >= 0.6 is 22.9 Å². The number of hydrogen-bond acceptors (Lipinski definition) is 8.